The number of amides is 1. The summed E-state index contributed by atoms with van der Waals surface area (Å²) in [7, 11) is 0. The Balaban J connectivity index is 2.03. The van der Waals surface area contributed by atoms with Gasteiger partial charge in [0.2, 0.25) is 0 Å². The summed E-state index contributed by atoms with van der Waals surface area (Å²) in [6.07, 6.45) is 2.21. The quantitative estimate of drug-likeness (QED) is 0.816. The van der Waals surface area contributed by atoms with Gasteiger partial charge in [-0.15, -0.1) is 0 Å². The maximum atomic E-state index is 12.1. The van der Waals surface area contributed by atoms with Crippen molar-refractivity contribution >= 4 is 5.91 Å². The highest BCUT2D eigenvalue weighted by molar-refractivity contribution is 5.94. The molecule has 3 nitrogen and oxygen atoms in total. The maximum absolute atomic E-state index is 12.1. The molecule has 1 atom stereocenters. The molecule has 1 aromatic carbocycles. The summed E-state index contributed by atoms with van der Waals surface area (Å²) in [6, 6.07) is 6.24. The minimum absolute atomic E-state index is 0.0468. The third kappa shape index (κ3) is 3.30. The van der Waals surface area contributed by atoms with Crippen LogP contribution in [0.5, 0.6) is 0 Å². The van der Waals surface area contributed by atoms with E-state index in [0.29, 0.717) is 0 Å². The molecule has 17 heavy (non-hydrogen) atoms. The highest BCUT2D eigenvalue weighted by Crippen LogP contribution is 2.10. The van der Waals surface area contributed by atoms with Gasteiger partial charge in [-0.3, -0.25) is 4.79 Å². The molecule has 1 aliphatic rings. The summed E-state index contributed by atoms with van der Waals surface area (Å²) in [4.78, 5) is 12.1. The molecular weight excluding hydrogens is 212 g/mol. The van der Waals surface area contributed by atoms with Crippen LogP contribution >= 0.6 is 0 Å². The Morgan fingerprint density at radius 1 is 1.29 bits per heavy atom. The minimum atomic E-state index is 0.0468. The van der Waals surface area contributed by atoms with Crippen LogP contribution in [-0.2, 0) is 0 Å². The van der Waals surface area contributed by atoms with Crippen molar-refractivity contribution in [1.29, 1.82) is 0 Å². The summed E-state index contributed by atoms with van der Waals surface area (Å²) >= 11 is 0. The van der Waals surface area contributed by atoms with Crippen molar-refractivity contribution in [3.05, 3.63) is 34.9 Å². The van der Waals surface area contributed by atoms with Crippen molar-refractivity contribution in [3.63, 3.8) is 0 Å². The van der Waals surface area contributed by atoms with E-state index in [1.54, 1.807) is 0 Å². The predicted molar refractivity (Wildman–Crippen MR) is 69.3 cm³/mol. The van der Waals surface area contributed by atoms with Gasteiger partial charge in [-0.05, 0) is 45.4 Å². The molecule has 0 bridgehead atoms. The first kappa shape index (κ1) is 12.1. The number of hydrogen-bond donors (Lipinski definition) is 2. The number of benzene rings is 1. The van der Waals surface area contributed by atoms with Crippen molar-refractivity contribution < 1.29 is 4.79 Å². The predicted octanol–water partition coefficient (Wildman–Crippen LogP) is 1.79. The van der Waals surface area contributed by atoms with Crippen molar-refractivity contribution in [3.8, 4) is 0 Å². The molecule has 1 saturated heterocycles. The first-order chi connectivity index (χ1) is 8.15. The minimum Gasteiger partial charge on any atom is -0.348 e. The largest absolute Gasteiger partial charge is 0.348 e. The second-order valence-electron chi connectivity index (χ2n) is 4.89. The Labute approximate surface area is 103 Å². The Morgan fingerprint density at radius 3 is 2.59 bits per heavy atom. The fraction of sp³-hybridized carbons (Fsp3) is 0.500. The van der Waals surface area contributed by atoms with E-state index in [2.05, 4.69) is 16.7 Å². The molecule has 0 saturated carbocycles. The smallest absolute Gasteiger partial charge is 0.251 e. The molecule has 1 aromatic rings. The lowest BCUT2D eigenvalue weighted by molar-refractivity contribution is 0.0930. The maximum Gasteiger partial charge on any atom is 0.251 e. The van der Waals surface area contributed by atoms with Gasteiger partial charge in [0.15, 0.2) is 0 Å². The van der Waals surface area contributed by atoms with E-state index in [9.17, 15) is 4.79 Å². The van der Waals surface area contributed by atoms with Crippen LogP contribution in [0.2, 0.25) is 0 Å². The Morgan fingerprint density at radius 2 is 2.00 bits per heavy atom. The lowest BCUT2D eigenvalue weighted by Gasteiger charge is -2.23. The number of piperidine rings is 1. The fourth-order valence-electron chi connectivity index (χ4n) is 2.35. The van der Waals surface area contributed by atoms with E-state index in [1.807, 2.05) is 26.0 Å². The monoisotopic (exact) mass is 232 g/mol. The molecule has 1 aliphatic heterocycles. The SMILES string of the molecule is Cc1cc(C)cc(C(=O)N[C@@H]2CCCNC2)c1. The van der Waals surface area contributed by atoms with E-state index in [1.165, 1.54) is 0 Å². The Bertz CT molecular complexity index is 388. The summed E-state index contributed by atoms with van der Waals surface area (Å²) < 4.78 is 0. The summed E-state index contributed by atoms with van der Waals surface area (Å²) in [5.74, 6) is 0.0468. The van der Waals surface area contributed by atoms with Crippen LogP contribution in [0.4, 0.5) is 0 Å². The Kier molecular flexibility index (Phi) is 3.79. The number of rotatable bonds is 2. The lowest BCUT2D eigenvalue weighted by atomic mass is 10.0. The van der Waals surface area contributed by atoms with Gasteiger partial charge in [-0.2, -0.15) is 0 Å². The molecule has 0 unspecified atom stereocenters. The molecule has 0 aromatic heterocycles. The van der Waals surface area contributed by atoms with Crippen LogP contribution in [0.25, 0.3) is 0 Å². The van der Waals surface area contributed by atoms with Crippen LogP contribution < -0.4 is 10.6 Å². The number of nitrogens with one attached hydrogen (secondary N) is 2. The van der Waals surface area contributed by atoms with E-state index in [0.717, 1.165) is 42.6 Å². The van der Waals surface area contributed by atoms with E-state index in [4.69, 9.17) is 0 Å². The van der Waals surface area contributed by atoms with E-state index < -0.39 is 0 Å². The van der Waals surface area contributed by atoms with E-state index in [-0.39, 0.29) is 11.9 Å². The third-order valence-electron chi connectivity index (χ3n) is 3.12. The van der Waals surface area contributed by atoms with Crippen molar-refractivity contribution in [2.24, 2.45) is 0 Å². The van der Waals surface area contributed by atoms with Gasteiger partial charge in [0.05, 0.1) is 0 Å². The summed E-state index contributed by atoms with van der Waals surface area (Å²) in [5, 5.41) is 6.39. The van der Waals surface area contributed by atoms with Crippen molar-refractivity contribution in [2.75, 3.05) is 13.1 Å². The second-order valence-corrected chi connectivity index (χ2v) is 4.89. The van der Waals surface area contributed by atoms with Crippen LogP contribution in [0, 0.1) is 13.8 Å². The first-order valence-electron chi connectivity index (χ1n) is 6.25. The van der Waals surface area contributed by atoms with Crippen molar-refractivity contribution in [2.45, 2.75) is 32.7 Å². The average molecular weight is 232 g/mol. The normalized spacial score (nSPS) is 20.0. The van der Waals surface area contributed by atoms with Crippen molar-refractivity contribution in [1.82, 2.24) is 10.6 Å². The van der Waals surface area contributed by atoms with Crippen LogP contribution in [0.3, 0.4) is 0 Å². The number of aryl methyl sites for hydroxylation is 2. The zero-order chi connectivity index (χ0) is 12.3. The van der Waals surface area contributed by atoms with Gasteiger partial charge in [-0.25, -0.2) is 0 Å². The molecule has 0 radical (unpaired) electrons. The van der Waals surface area contributed by atoms with E-state index >= 15 is 0 Å². The van der Waals surface area contributed by atoms with Crippen LogP contribution in [-0.4, -0.2) is 25.0 Å². The number of carbonyl (C=O) groups excluding carboxylic acids is 1. The third-order valence-corrected chi connectivity index (χ3v) is 3.12. The number of carbonyl (C=O) groups is 1. The number of hydrogen-bond acceptors (Lipinski definition) is 2. The molecule has 1 amide bonds. The van der Waals surface area contributed by atoms with Gasteiger partial charge in [0.25, 0.3) is 5.91 Å². The fourth-order valence-corrected chi connectivity index (χ4v) is 2.35. The van der Waals surface area contributed by atoms with Gasteiger partial charge in [0.1, 0.15) is 0 Å². The molecule has 2 N–H and O–H groups in total. The topological polar surface area (TPSA) is 41.1 Å². The molecule has 2 rings (SSSR count). The highest BCUT2D eigenvalue weighted by atomic mass is 16.1. The van der Waals surface area contributed by atoms with Gasteiger partial charge in [0, 0.05) is 18.2 Å². The van der Waals surface area contributed by atoms with Crippen LogP contribution in [0.1, 0.15) is 34.3 Å². The molecule has 1 fully saturated rings. The lowest BCUT2D eigenvalue weighted by Crippen LogP contribution is -2.45. The standard InChI is InChI=1S/C14H20N2O/c1-10-6-11(2)8-12(7-10)14(17)16-13-4-3-5-15-9-13/h6-8,13,15H,3-5,9H2,1-2H3,(H,16,17)/t13-/m1/s1. The second kappa shape index (κ2) is 5.32. The molecule has 92 valence electrons. The average Bonchev–Trinajstić information content (AvgIpc) is 2.29. The summed E-state index contributed by atoms with van der Waals surface area (Å²) in [5.41, 5.74) is 3.04. The molecule has 0 spiro atoms. The summed E-state index contributed by atoms with van der Waals surface area (Å²) in [6.45, 7) is 5.99. The molecule has 3 heteroatoms. The Hall–Kier alpha value is -1.35. The molecule has 1 heterocycles. The highest BCUT2D eigenvalue weighted by Gasteiger charge is 2.16. The molecule has 0 aliphatic carbocycles. The molecular formula is C14H20N2O. The zero-order valence-corrected chi connectivity index (χ0v) is 10.5. The van der Waals surface area contributed by atoms with Gasteiger partial charge in [-0.1, -0.05) is 17.2 Å². The zero-order valence-electron chi connectivity index (χ0n) is 10.5. The first-order valence-corrected chi connectivity index (χ1v) is 6.25. The van der Waals surface area contributed by atoms with Crippen LogP contribution in [0.15, 0.2) is 18.2 Å². The van der Waals surface area contributed by atoms with Gasteiger partial charge < -0.3 is 10.6 Å². The van der Waals surface area contributed by atoms with Gasteiger partial charge >= 0.3 is 0 Å².